The Kier molecular flexibility index (Phi) is 4.28. The van der Waals surface area contributed by atoms with Crippen LogP contribution in [0.1, 0.15) is 38.5 Å². The first-order valence-electron chi connectivity index (χ1n) is 11.0. The number of nitrogens with zero attached hydrogens (tertiary/aromatic N) is 7. The molecule has 0 spiro atoms. The van der Waals surface area contributed by atoms with E-state index in [0.29, 0.717) is 0 Å². The first kappa shape index (κ1) is 17.7. The first-order chi connectivity index (χ1) is 14.9. The number of nitrogens with one attached hydrogen (secondary N) is 1. The van der Waals surface area contributed by atoms with Crippen LogP contribution in [0.3, 0.4) is 0 Å². The third kappa shape index (κ3) is 2.81. The molecule has 2 fully saturated rings. The highest BCUT2D eigenvalue weighted by atomic mass is 15.2. The molecule has 154 valence electrons. The summed E-state index contributed by atoms with van der Waals surface area (Å²) < 4.78 is 2.08. The van der Waals surface area contributed by atoms with Crippen LogP contribution >= 0.6 is 0 Å². The zero-order chi connectivity index (χ0) is 19.9. The number of pyridine rings is 1. The number of hydrogen-bond acceptors (Lipinski definition) is 6. The molecule has 30 heavy (non-hydrogen) atoms. The molecule has 2 aliphatic heterocycles. The number of hydrogen-bond donors (Lipinski definition) is 1. The fourth-order valence-electron chi connectivity index (χ4n) is 4.95. The van der Waals surface area contributed by atoms with Gasteiger partial charge in [-0.05, 0) is 44.6 Å². The molecule has 0 radical (unpaired) electrons. The van der Waals surface area contributed by atoms with Crippen LogP contribution in [0.25, 0.3) is 27.9 Å². The quantitative estimate of drug-likeness (QED) is 0.563. The minimum atomic E-state index is 0.847. The average Bonchev–Trinajstić information content (AvgIpc) is 3.44. The maximum atomic E-state index is 4.75. The summed E-state index contributed by atoms with van der Waals surface area (Å²) in [6.45, 7) is 4.26. The van der Waals surface area contributed by atoms with Crippen LogP contribution in [0.2, 0.25) is 0 Å². The summed E-state index contributed by atoms with van der Waals surface area (Å²) in [5, 5.41) is 1.14. The van der Waals surface area contributed by atoms with Crippen LogP contribution in [-0.4, -0.2) is 55.7 Å². The number of anilines is 2. The summed E-state index contributed by atoms with van der Waals surface area (Å²) in [5.74, 6) is 0.952. The van der Waals surface area contributed by atoms with Crippen molar-refractivity contribution in [2.45, 2.75) is 38.5 Å². The minimum absolute atomic E-state index is 0.847. The Morgan fingerprint density at radius 2 is 1.53 bits per heavy atom. The van der Waals surface area contributed by atoms with Crippen molar-refractivity contribution in [1.29, 1.82) is 0 Å². The third-order valence-corrected chi connectivity index (χ3v) is 6.46. The van der Waals surface area contributed by atoms with Crippen LogP contribution in [0.5, 0.6) is 0 Å². The molecule has 4 aromatic rings. The van der Waals surface area contributed by atoms with Gasteiger partial charge < -0.3 is 14.8 Å². The third-order valence-electron chi connectivity index (χ3n) is 6.46. The number of piperidine rings is 2. The number of rotatable bonds is 3. The van der Waals surface area contributed by atoms with Crippen molar-refractivity contribution in [2.75, 3.05) is 36.0 Å². The number of aromatic amines is 1. The molecule has 8 heteroatoms. The molecule has 6 rings (SSSR count). The van der Waals surface area contributed by atoms with Crippen molar-refractivity contribution in [3.8, 4) is 5.69 Å². The summed E-state index contributed by atoms with van der Waals surface area (Å²) in [4.78, 5) is 26.7. The molecule has 0 saturated carbocycles. The monoisotopic (exact) mass is 402 g/mol. The van der Waals surface area contributed by atoms with E-state index in [0.717, 1.165) is 59.9 Å². The molecule has 4 aromatic heterocycles. The van der Waals surface area contributed by atoms with Crippen LogP contribution in [-0.2, 0) is 0 Å². The highest BCUT2D eigenvalue weighted by Crippen LogP contribution is 2.34. The smallest absolute Gasteiger partial charge is 0.170 e. The lowest BCUT2D eigenvalue weighted by Gasteiger charge is -2.29. The number of imidazole rings is 1. The van der Waals surface area contributed by atoms with Gasteiger partial charge in [-0.2, -0.15) is 0 Å². The van der Waals surface area contributed by atoms with E-state index in [9.17, 15) is 0 Å². The van der Waals surface area contributed by atoms with Crippen LogP contribution in [0.15, 0.2) is 31.1 Å². The summed E-state index contributed by atoms with van der Waals surface area (Å²) in [6.07, 6.45) is 15.0. The molecule has 2 saturated heterocycles. The first-order valence-corrected chi connectivity index (χ1v) is 11.0. The molecule has 0 bridgehead atoms. The van der Waals surface area contributed by atoms with Gasteiger partial charge in [0.05, 0.1) is 16.8 Å². The van der Waals surface area contributed by atoms with Crippen molar-refractivity contribution in [3.05, 3.63) is 31.1 Å². The molecule has 1 N–H and O–H groups in total. The van der Waals surface area contributed by atoms with E-state index < -0.39 is 0 Å². The number of H-pyrrole nitrogens is 1. The van der Waals surface area contributed by atoms with E-state index in [1.54, 1.807) is 6.33 Å². The molecule has 0 amide bonds. The lowest BCUT2D eigenvalue weighted by Crippen LogP contribution is -2.30. The van der Waals surface area contributed by atoms with Crippen LogP contribution < -0.4 is 9.80 Å². The standard InChI is InChI=1S/C22H26N8/c1-3-9-28(10-4-1)16-7-8-23-20-18(16)17(13-24-20)30-15-27-19-21(25-14-26-22(19)30)29-11-5-2-6-12-29/h7-8,13-15H,1-6,9-12H2,(H,23,24). The van der Waals surface area contributed by atoms with Gasteiger partial charge in [0.25, 0.3) is 0 Å². The molecule has 0 aromatic carbocycles. The second-order valence-corrected chi connectivity index (χ2v) is 8.31. The molecular formula is C22H26N8. The summed E-state index contributed by atoms with van der Waals surface area (Å²) >= 11 is 0. The number of aromatic nitrogens is 6. The minimum Gasteiger partial charge on any atom is -0.371 e. The molecule has 0 unspecified atom stereocenters. The van der Waals surface area contributed by atoms with Crippen molar-refractivity contribution >= 4 is 33.7 Å². The normalized spacial score (nSPS) is 17.9. The average molecular weight is 403 g/mol. The molecular weight excluding hydrogens is 376 g/mol. The predicted molar refractivity (Wildman–Crippen MR) is 118 cm³/mol. The fraction of sp³-hybridized carbons (Fsp3) is 0.455. The Balaban J connectivity index is 1.49. The second kappa shape index (κ2) is 7.27. The molecule has 8 nitrogen and oxygen atoms in total. The summed E-state index contributed by atoms with van der Waals surface area (Å²) in [6, 6.07) is 2.14. The van der Waals surface area contributed by atoms with Gasteiger partial charge in [0.2, 0.25) is 0 Å². The molecule has 6 heterocycles. The van der Waals surface area contributed by atoms with Crippen molar-refractivity contribution < 1.29 is 0 Å². The van der Waals surface area contributed by atoms with E-state index >= 15 is 0 Å². The highest BCUT2D eigenvalue weighted by molar-refractivity contribution is 5.98. The lowest BCUT2D eigenvalue weighted by atomic mass is 10.1. The van der Waals surface area contributed by atoms with Gasteiger partial charge in [0, 0.05) is 38.6 Å². The van der Waals surface area contributed by atoms with E-state index in [1.807, 2.05) is 18.7 Å². The Labute approximate surface area is 175 Å². The largest absolute Gasteiger partial charge is 0.371 e. The molecule has 2 aliphatic rings. The van der Waals surface area contributed by atoms with Crippen LogP contribution in [0, 0.1) is 0 Å². The fourth-order valence-corrected chi connectivity index (χ4v) is 4.95. The maximum Gasteiger partial charge on any atom is 0.170 e. The predicted octanol–water partition coefficient (Wildman–Crippen LogP) is 3.67. The van der Waals surface area contributed by atoms with Gasteiger partial charge in [0.15, 0.2) is 17.0 Å². The summed E-state index contributed by atoms with van der Waals surface area (Å²) in [5.41, 5.74) is 4.91. The van der Waals surface area contributed by atoms with E-state index in [4.69, 9.17) is 4.98 Å². The Morgan fingerprint density at radius 3 is 2.33 bits per heavy atom. The SMILES string of the molecule is c1cc(N2CCCCC2)c2c(-n3cnc4c(N5CCCCC5)ncnc43)c[nH]c2n1. The van der Waals surface area contributed by atoms with Gasteiger partial charge in [-0.15, -0.1) is 0 Å². The highest BCUT2D eigenvalue weighted by Gasteiger charge is 2.22. The summed E-state index contributed by atoms with van der Waals surface area (Å²) in [7, 11) is 0. The van der Waals surface area contributed by atoms with E-state index in [1.165, 1.54) is 44.2 Å². The van der Waals surface area contributed by atoms with Gasteiger partial charge in [-0.25, -0.2) is 19.9 Å². The molecule has 0 aliphatic carbocycles. The topological polar surface area (TPSA) is 78.8 Å². The van der Waals surface area contributed by atoms with E-state index in [-0.39, 0.29) is 0 Å². The lowest BCUT2D eigenvalue weighted by molar-refractivity contribution is 0.574. The van der Waals surface area contributed by atoms with Gasteiger partial charge in [-0.1, -0.05) is 0 Å². The Hall–Kier alpha value is -3.16. The molecule has 0 atom stereocenters. The Morgan fingerprint density at radius 1 is 0.767 bits per heavy atom. The van der Waals surface area contributed by atoms with Gasteiger partial charge in [-0.3, -0.25) is 4.57 Å². The zero-order valence-corrected chi connectivity index (χ0v) is 17.1. The van der Waals surface area contributed by atoms with Crippen molar-refractivity contribution in [2.24, 2.45) is 0 Å². The van der Waals surface area contributed by atoms with Gasteiger partial charge in [0.1, 0.15) is 18.3 Å². The second-order valence-electron chi connectivity index (χ2n) is 8.31. The maximum absolute atomic E-state index is 4.75. The van der Waals surface area contributed by atoms with E-state index in [2.05, 4.69) is 40.4 Å². The van der Waals surface area contributed by atoms with Crippen molar-refractivity contribution in [3.63, 3.8) is 0 Å². The van der Waals surface area contributed by atoms with Crippen LogP contribution in [0.4, 0.5) is 11.5 Å². The zero-order valence-electron chi connectivity index (χ0n) is 17.1. The number of fused-ring (bicyclic) bond motifs is 2. The van der Waals surface area contributed by atoms with Crippen molar-refractivity contribution in [1.82, 2.24) is 29.5 Å². The van der Waals surface area contributed by atoms with Gasteiger partial charge >= 0.3 is 0 Å². The Bertz CT molecular complexity index is 1180.